The molecule has 0 unspecified atom stereocenters. The summed E-state index contributed by atoms with van der Waals surface area (Å²) < 4.78 is 29.8. The molecule has 1 aromatic carbocycles. The zero-order valence-corrected chi connectivity index (χ0v) is 10.7. The molecule has 1 rings (SSSR count). The van der Waals surface area contributed by atoms with E-state index in [-0.39, 0.29) is 19.0 Å². The second-order valence-electron chi connectivity index (χ2n) is 3.55. The molecule has 5 nitrogen and oxygen atoms in total. The molecule has 0 saturated carbocycles. The van der Waals surface area contributed by atoms with Crippen molar-refractivity contribution in [2.24, 2.45) is 0 Å². The van der Waals surface area contributed by atoms with Crippen LogP contribution in [0.4, 0.5) is 0 Å². The number of hydrogen-bond acceptors (Lipinski definition) is 4. The van der Waals surface area contributed by atoms with Crippen LogP contribution in [-0.4, -0.2) is 32.9 Å². The predicted octanol–water partition coefficient (Wildman–Crippen LogP) is 0.216. The van der Waals surface area contributed by atoms with Gasteiger partial charge in [0.05, 0.1) is 12.4 Å². The SMILES string of the molecule is CNS(=O)(=O)CCOc1cc(C)[c]c(CO)c1. The van der Waals surface area contributed by atoms with E-state index in [0.29, 0.717) is 11.3 Å². The summed E-state index contributed by atoms with van der Waals surface area (Å²) in [5, 5.41) is 8.99. The molecule has 1 aromatic rings. The molecule has 0 saturated heterocycles. The van der Waals surface area contributed by atoms with Crippen LogP contribution >= 0.6 is 0 Å². The van der Waals surface area contributed by atoms with Crippen molar-refractivity contribution in [3.05, 3.63) is 29.3 Å². The lowest BCUT2D eigenvalue weighted by atomic mass is 10.1. The van der Waals surface area contributed by atoms with Crippen LogP contribution in [0.2, 0.25) is 0 Å². The van der Waals surface area contributed by atoms with Crippen LogP contribution < -0.4 is 9.46 Å². The zero-order chi connectivity index (χ0) is 12.9. The highest BCUT2D eigenvalue weighted by molar-refractivity contribution is 7.89. The number of rotatable bonds is 6. The fourth-order valence-corrected chi connectivity index (χ4v) is 1.80. The van der Waals surface area contributed by atoms with Crippen molar-refractivity contribution < 1.29 is 18.3 Å². The number of hydrogen-bond donors (Lipinski definition) is 2. The number of ether oxygens (including phenoxy) is 1. The largest absolute Gasteiger partial charge is 0.492 e. The number of sulfonamides is 1. The summed E-state index contributed by atoms with van der Waals surface area (Å²) in [5.74, 6) is 0.437. The Balaban J connectivity index is 2.61. The van der Waals surface area contributed by atoms with Gasteiger partial charge in [-0.3, -0.25) is 0 Å². The highest BCUT2D eigenvalue weighted by atomic mass is 32.2. The highest BCUT2D eigenvalue weighted by Gasteiger charge is 2.07. The third-order valence-electron chi connectivity index (χ3n) is 2.14. The van der Waals surface area contributed by atoms with Crippen LogP contribution in [-0.2, 0) is 16.6 Å². The molecule has 2 N–H and O–H groups in total. The average molecular weight is 258 g/mol. The molecule has 95 valence electrons. The molecule has 0 aliphatic rings. The van der Waals surface area contributed by atoms with E-state index in [4.69, 9.17) is 9.84 Å². The lowest BCUT2D eigenvalue weighted by molar-refractivity contribution is 0.279. The molecular formula is C11H16NO4S. The Hall–Kier alpha value is -1.11. The van der Waals surface area contributed by atoms with Gasteiger partial charge in [0.15, 0.2) is 0 Å². The first-order chi connectivity index (χ1) is 7.96. The monoisotopic (exact) mass is 258 g/mol. The van der Waals surface area contributed by atoms with Gasteiger partial charge in [0.25, 0.3) is 0 Å². The Morgan fingerprint density at radius 3 is 2.76 bits per heavy atom. The summed E-state index contributed by atoms with van der Waals surface area (Å²) in [6.45, 7) is 1.78. The minimum absolute atomic E-state index is 0.0670. The molecule has 0 aliphatic heterocycles. The van der Waals surface area contributed by atoms with Gasteiger partial charge in [0, 0.05) is 0 Å². The number of aliphatic hydroxyl groups excluding tert-OH is 1. The van der Waals surface area contributed by atoms with Crippen LogP contribution in [0.1, 0.15) is 11.1 Å². The molecule has 0 atom stereocenters. The Kier molecular flexibility index (Phi) is 4.92. The van der Waals surface area contributed by atoms with Crippen LogP contribution in [0.5, 0.6) is 5.75 Å². The molecule has 0 aliphatic carbocycles. The van der Waals surface area contributed by atoms with Crippen LogP contribution in [0.15, 0.2) is 12.1 Å². The summed E-state index contributed by atoms with van der Waals surface area (Å²) in [4.78, 5) is 0. The quantitative estimate of drug-likeness (QED) is 0.765. The maximum Gasteiger partial charge on any atom is 0.214 e. The van der Waals surface area contributed by atoms with E-state index in [1.807, 2.05) is 6.92 Å². The van der Waals surface area contributed by atoms with Crippen LogP contribution in [0, 0.1) is 13.0 Å². The average Bonchev–Trinajstić information content (AvgIpc) is 2.28. The standard InChI is InChI=1S/C11H16NO4S/c1-9-5-10(8-13)7-11(6-9)16-3-4-17(14,15)12-2/h6-7,12-13H,3-4,8H2,1-2H3. The molecule has 0 amide bonds. The van der Waals surface area contributed by atoms with Gasteiger partial charge in [-0.2, -0.15) is 0 Å². The fraction of sp³-hybridized carbons (Fsp3) is 0.455. The van der Waals surface area contributed by atoms with E-state index in [1.54, 1.807) is 12.1 Å². The third kappa shape index (κ3) is 4.72. The first kappa shape index (κ1) is 14.0. The van der Waals surface area contributed by atoms with E-state index in [1.165, 1.54) is 7.05 Å². The maximum atomic E-state index is 11.1. The van der Waals surface area contributed by atoms with Gasteiger partial charge in [-0.1, -0.05) is 0 Å². The first-order valence-corrected chi connectivity index (χ1v) is 6.80. The van der Waals surface area contributed by atoms with Gasteiger partial charge >= 0.3 is 0 Å². The third-order valence-corrected chi connectivity index (χ3v) is 3.46. The van der Waals surface area contributed by atoms with Gasteiger partial charge in [0.1, 0.15) is 12.4 Å². The molecule has 17 heavy (non-hydrogen) atoms. The van der Waals surface area contributed by atoms with Crippen LogP contribution in [0.25, 0.3) is 0 Å². The van der Waals surface area contributed by atoms with Crippen molar-refractivity contribution >= 4 is 10.0 Å². The smallest absolute Gasteiger partial charge is 0.214 e. The zero-order valence-electron chi connectivity index (χ0n) is 9.86. The number of benzene rings is 1. The molecule has 0 heterocycles. The maximum absolute atomic E-state index is 11.1. The molecule has 6 heteroatoms. The predicted molar refractivity (Wildman–Crippen MR) is 64.3 cm³/mol. The minimum atomic E-state index is -3.25. The summed E-state index contributed by atoms with van der Waals surface area (Å²) in [6, 6.07) is 6.33. The van der Waals surface area contributed by atoms with E-state index in [9.17, 15) is 8.42 Å². The van der Waals surface area contributed by atoms with Crippen LogP contribution in [0.3, 0.4) is 0 Å². The van der Waals surface area contributed by atoms with Crippen molar-refractivity contribution in [3.8, 4) is 5.75 Å². The minimum Gasteiger partial charge on any atom is -0.492 e. The summed E-state index contributed by atoms with van der Waals surface area (Å²) in [6.07, 6.45) is 0. The molecule has 0 spiro atoms. The first-order valence-electron chi connectivity index (χ1n) is 5.14. The van der Waals surface area contributed by atoms with E-state index < -0.39 is 10.0 Å². The van der Waals surface area contributed by atoms with Crippen molar-refractivity contribution in [1.82, 2.24) is 4.72 Å². The van der Waals surface area contributed by atoms with Crippen molar-refractivity contribution in [2.45, 2.75) is 13.5 Å². The second-order valence-corrected chi connectivity index (χ2v) is 5.60. The Morgan fingerprint density at radius 1 is 1.47 bits per heavy atom. The Labute approximate surface area is 101 Å². The number of nitrogens with one attached hydrogen (secondary N) is 1. The Morgan fingerprint density at radius 2 is 2.18 bits per heavy atom. The van der Waals surface area contributed by atoms with Gasteiger partial charge in [-0.25, -0.2) is 13.1 Å². The number of aryl methyl sites for hydroxylation is 1. The Bertz CT molecular complexity index is 470. The van der Waals surface area contributed by atoms with Crippen molar-refractivity contribution in [2.75, 3.05) is 19.4 Å². The van der Waals surface area contributed by atoms with Gasteiger partial charge < -0.3 is 9.84 Å². The molecule has 1 radical (unpaired) electrons. The highest BCUT2D eigenvalue weighted by Crippen LogP contribution is 2.16. The summed E-state index contributed by atoms with van der Waals surface area (Å²) in [5.41, 5.74) is 1.46. The van der Waals surface area contributed by atoms with E-state index >= 15 is 0 Å². The summed E-state index contributed by atoms with van der Waals surface area (Å²) in [7, 11) is -1.89. The number of aliphatic hydroxyl groups is 1. The van der Waals surface area contributed by atoms with Gasteiger partial charge in [-0.05, 0) is 43.3 Å². The van der Waals surface area contributed by atoms with Gasteiger partial charge in [-0.15, -0.1) is 0 Å². The second kappa shape index (κ2) is 6.00. The lowest BCUT2D eigenvalue weighted by Gasteiger charge is -2.08. The topological polar surface area (TPSA) is 75.6 Å². The molecule has 0 aromatic heterocycles. The molecule has 0 bridgehead atoms. The van der Waals surface area contributed by atoms with Crippen molar-refractivity contribution in [3.63, 3.8) is 0 Å². The normalized spacial score (nSPS) is 11.5. The fourth-order valence-electron chi connectivity index (χ4n) is 1.29. The lowest BCUT2D eigenvalue weighted by Crippen LogP contribution is -2.25. The van der Waals surface area contributed by atoms with E-state index in [2.05, 4.69) is 10.8 Å². The molecule has 0 fully saturated rings. The summed E-state index contributed by atoms with van der Waals surface area (Å²) >= 11 is 0. The van der Waals surface area contributed by atoms with E-state index in [0.717, 1.165) is 5.56 Å². The van der Waals surface area contributed by atoms with Gasteiger partial charge in [0.2, 0.25) is 10.0 Å². The van der Waals surface area contributed by atoms with Crippen molar-refractivity contribution in [1.29, 1.82) is 0 Å². The molecular weight excluding hydrogens is 242 g/mol.